The van der Waals surface area contributed by atoms with Gasteiger partial charge in [0.25, 0.3) is 0 Å². The Morgan fingerprint density at radius 1 is 1.15 bits per heavy atom. The minimum atomic E-state index is -0.137. The Hall–Kier alpha value is -4.01. The molecule has 3 aliphatic heterocycles. The number of aliphatic hydroxyl groups is 1. The highest BCUT2D eigenvalue weighted by molar-refractivity contribution is 5.99. The average Bonchev–Trinajstić information content (AvgIpc) is 3.58. The Morgan fingerprint density at radius 3 is 2.82 bits per heavy atom. The summed E-state index contributed by atoms with van der Waals surface area (Å²) in [5, 5.41) is 30.9. The number of aliphatic hydroxyl groups excluding tert-OH is 1. The van der Waals surface area contributed by atoms with Crippen LogP contribution in [0.4, 0.5) is 0 Å². The van der Waals surface area contributed by atoms with Crippen molar-refractivity contribution in [3.8, 4) is 33.9 Å². The number of fused-ring (bicyclic) bond motifs is 3. The van der Waals surface area contributed by atoms with Gasteiger partial charge in [-0.3, -0.25) is 9.69 Å². The summed E-state index contributed by atoms with van der Waals surface area (Å²) in [5.41, 5.74) is 6.04. The van der Waals surface area contributed by atoms with Crippen LogP contribution in [0.15, 0.2) is 61.2 Å². The highest BCUT2D eigenvalue weighted by Crippen LogP contribution is 2.50. The summed E-state index contributed by atoms with van der Waals surface area (Å²) >= 11 is 0. The maximum Gasteiger partial charge on any atom is 0.172 e. The number of carbonyl (C=O) groups excluding carboxylic acids is 1. The van der Waals surface area contributed by atoms with Crippen LogP contribution in [0.3, 0.4) is 0 Å². The SMILES string of the molecule is C=CC(=O)C1CC2CC(c3[nH]c4nnc(-c5ccccc5O)cc4c3-c3cccc4c3OCC4)[C@H](CO)CN21. The minimum Gasteiger partial charge on any atom is -0.507 e. The van der Waals surface area contributed by atoms with E-state index in [1.807, 2.05) is 18.2 Å². The van der Waals surface area contributed by atoms with Crippen molar-refractivity contribution in [1.29, 1.82) is 0 Å². The molecule has 0 amide bonds. The highest BCUT2D eigenvalue weighted by atomic mass is 16.5. The van der Waals surface area contributed by atoms with E-state index in [0.29, 0.717) is 30.1 Å². The molecule has 0 bridgehead atoms. The second-order valence-corrected chi connectivity index (χ2v) is 10.8. The van der Waals surface area contributed by atoms with Gasteiger partial charge in [0.15, 0.2) is 11.4 Å². The number of H-pyrrole nitrogens is 1. The Kier molecular flexibility index (Phi) is 5.75. The van der Waals surface area contributed by atoms with E-state index in [1.165, 1.54) is 11.6 Å². The van der Waals surface area contributed by atoms with Crippen LogP contribution in [-0.2, 0) is 11.2 Å². The zero-order valence-corrected chi connectivity index (χ0v) is 21.5. The number of ether oxygens (including phenoxy) is 1. The van der Waals surface area contributed by atoms with E-state index in [-0.39, 0.29) is 42.1 Å². The summed E-state index contributed by atoms with van der Waals surface area (Å²) in [6.45, 7) is 4.96. The molecule has 2 aromatic heterocycles. The molecular weight excluding hydrogens is 492 g/mol. The number of para-hydroxylation sites is 2. The number of rotatable bonds is 6. The monoisotopic (exact) mass is 522 g/mol. The number of ketones is 1. The summed E-state index contributed by atoms with van der Waals surface area (Å²) in [5.74, 6) is 1.06. The van der Waals surface area contributed by atoms with Crippen LogP contribution in [0.25, 0.3) is 33.4 Å². The quantitative estimate of drug-likeness (QED) is 0.325. The summed E-state index contributed by atoms with van der Waals surface area (Å²) in [4.78, 5) is 18.2. The molecule has 39 heavy (non-hydrogen) atoms. The fourth-order valence-corrected chi connectivity index (χ4v) is 6.80. The van der Waals surface area contributed by atoms with Crippen molar-refractivity contribution in [2.45, 2.75) is 37.3 Å². The molecule has 5 heterocycles. The molecule has 4 aromatic rings. The van der Waals surface area contributed by atoms with Crippen LogP contribution < -0.4 is 4.74 Å². The Balaban J connectivity index is 1.39. The van der Waals surface area contributed by atoms with Crippen molar-refractivity contribution in [3.63, 3.8) is 0 Å². The van der Waals surface area contributed by atoms with Gasteiger partial charge in [0.2, 0.25) is 0 Å². The molecule has 3 unspecified atom stereocenters. The molecule has 7 rings (SSSR count). The van der Waals surface area contributed by atoms with E-state index in [1.54, 1.807) is 12.1 Å². The third-order valence-corrected chi connectivity index (χ3v) is 8.79. The van der Waals surface area contributed by atoms with Crippen molar-refractivity contribution in [2.75, 3.05) is 19.8 Å². The van der Waals surface area contributed by atoms with Gasteiger partial charge >= 0.3 is 0 Å². The van der Waals surface area contributed by atoms with Gasteiger partial charge in [-0.1, -0.05) is 36.9 Å². The number of hydrogen-bond acceptors (Lipinski definition) is 7. The highest BCUT2D eigenvalue weighted by Gasteiger charge is 2.49. The van der Waals surface area contributed by atoms with Crippen molar-refractivity contribution in [3.05, 3.63) is 72.4 Å². The number of hydrogen-bond donors (Lipinski definition) is 3. The van der Waals surface area contributed by atoms with Gasteiger partial charge in [-0.2, -0.15) is 0 Å². The van der Waals surface area contributed by atoms with E-state index >= 15 is 0 Å². The molecule has 8 heteroatoms. The molecule has 0 radical (unpaired) electrons. The van der Waals surface area contributed by atoms with E-state index in [2.05, 4.69) is 44.9 Å². The van der Waals surface area contributed by atoms with E-state index in [9.17, 15) is 15.0 Å². The summed E-state index contributed by atoms with van der Waals surface area (Å²) in [6.07, 6.45) is 3.90. The van der Waals surface area contributed by atoms with Gasteiger partial charge in [0.1, 0.15) is 11.5 Å². The van der Waals surface area contributed by atoms with Crippen LogP contribution in [0.2, 0.25) is 0 Å². The van der Waals surface area contributed by atoms with Gasteiger partial charge in [0.05, 0.1) is 18.3 Å². The first-order valence-corrected chi connectivity index (χ1v) is 13.5. The molecule has 0 aliphatic carbocycles. The fourth-order valence-electron chi connectivity index (χ4n) is 6.80. The second kappa shape index (κ2) is 9.32. The molecule has 0 saturated carbocycles. The molecule has 3 N–H and O–H groups in total. The number of aromatic amines is 1. The molecular formula is C31H30N4O4. The summed E-state index contributed by atoms with van der Waals surface area (Å²) in [6, 6.07) is 15.5. The van der Waals surface area contributed by atoms with E-state index < -0.39 is 0 Å². The Bertz CT molecular complexity index is 1610. The van der Waals surface area contributed by atoms with Gasteiger partial charge in [0, 0.05) is 65.2 Å². The number of carbonyl (C=O) groups is 1. The van der Waals surface area contributed by atoms with Crippen LogP contribution in [0.5, 0.6) is 11.5 Å². The number of benzene rings is 2. The lowest BCUT2D eigenvalue weighted by molar-refractivity contribution is -0.132. The first kappa shape index (κ1) is 24.1. The third kappa shape index (κ3) is 3.78. The second-order valence-electron chi connectivity index (χ2n) is 10.8. The first-order valence-electron chi connectivity index (χ1n) is 13.5. The van der Waals surface area contributed by atoms with Gasteiger partial charge in [-0.25, -0.2) is 0 Å². The first-order chi connectivity index (χ1) is 19.1. The van der Waals surface area contributed by atoms with Gasteiger partial charge in [-0.05, 0) is 42.7 Å². The smallest absolute Gasteiger partial charge is 0.172 e. The topological polar surface area (TPSA) is 112 Å². The lowest BCUT2D eigenvalue weighted by atomic mass is 9.72. The van der Waals surface area contributed by atoms with Crippen LogP contribution in [0, 0.1) is 5.92 Å². The summed E-state index contributed by atoms with van der Waals surface area (Å²) in [7, 11) is 0. The zero-order valence-electron chi connectivity index (χ0n) is 21.5. The van der Waals surface area contributed by atoms with E-state index in [0.717, 1.165) is 47.2 Å². The maximum atomic E-state index is 12.4. The number of phenolic OH excluding ortho intramolecular Hbond substituents is 1. The number of aromatic hydroxyl groups is 1. The fraction of sp³-hybridized carbons (Fsp3) is 0.323. The minimum absolute atomic E-state index is 0.00983. The zero-order chi connectivity index (χ0) is 26.7. The summed E-state index contributed by atoms with van der Waals surface area (Å²) < 4.78 is 6.14. The number of phenols is 1. The predicted octanol–water partition coefficient (Wildman–Crippen LogP) is 4.23. The number of nitrogens with zero attached hydrogens (tertiary/aromatic N) is 3. The third-order valence-electron chi connectivity index (χ3n) is 8.79. The predicted molar refractivity (Wildman–Crippen MR) is 148 cm³/mol. The lowest BCUT2D eigenvalue weighted by Crippen LogP contribution is -2.64. The van der Waals surface area contributed by atoms with Crippen LogP contribution in [-0.4, -0.2) is 67.9 Å². The van der Waals surface area contributed by atoms with Gasteiger partial charge in [-0.15, -0.1) is 10.2 Å². The Morgan fingerprint density at radius 2 is 2.00 bits per heavy atom. The van der Waals surface area contributed by atoms with Crippen LogP contribution in [0.1, 0.15) is 30.0 Å². The largest absolute Gasteiger partial charge is 0.507 e. The number of nitrogens with one attached hydrogen (secondary N) is 1. The molecule has 2 aromatic carbocycles. The van der Waals surface area contributed by atoms with Crippen molar-refractivity contribution < 1.29 is 19.7 Å². The lowest BCUT2D eigenvalue weighted by Gasteiger charge is -2.54. The van der Waals surface area contributed by atoms with Crippen molar-refractivity contribution in [1.82, 2.24) is 20.1 Å². The molecule has 0 spiro atoms. The normalized spacial score (nSPS) is 24.0. The standard InChI is InChI=1S/C31H30N4O4/c1-2-26(37)25-13-19-12-22(18(16-36)15-35(19)25)29-28(21-8-5-6-17-10-11-39-30(17)21)23-14-24(33-34-31(23)32-29)20-7-3-4-9-27(20)38/h2-9,14,18-19,22,25,36,38H,1,10-13,15-16H2,(H,32,34)/t18-,19?,22?,25?/m0/s1. The Labute approximate surface area is 226 Å². The van der Waals surface area contributed by atoms with Gasteiger partial charge < -0.3 is 19.9 Å². The van der Waals surface area contributed by atoms with E-state index in [4.69, 9.17) is 4.74 Å². The molecule has 2 fully saturated rings. The molecule has 4 atom stereocenters. The maximum absolute atomic E-state index is 12.4. The molecule has 8 nitrogen and oxygen atoms in total. The van der Waals surface area contributed by atoms with Crippen molar-refractivity contribution in [2.24, 2.45) is 5.92 Å². The molecule has 198 valence electrons. The molecule has 2 saturated heterocycles. The molecule has 3 aliphatic rings. The van der Waals surface area contributed by atoms with Crippen LogP contribution >= 0.6 is 0 Å². The average molecular weight is 523 g/mol. The number of piperidine rings is 1. The number of aromatic nitrogens is 3. The van der Waals surface area contributed by atoms with Crippen molar-refractivity contribution >= 4 is 16.8 Å².